The Morgan fingerprint density at radius 2 is 1.90 bits per heavy atom. The fourth-order valence-electron chi connectivity index (χ4n) is 3.68. The number of rotatable bonds is 5. The number of H-pyrrole nitrogens is 1. The number of imidazole rings is 1. The van der Waals surface area contributed by atoms with Gasteiger partial charge < -0.3 is 15.2 Å². The van der Waals surface area contributed by atoms with E-state index in [4.69, 9.17) is 11.6 Å². The van der Waals surface area contributed by atoms with Gasteiger partial charge in [0.05, 0.1) is 17.4 Å². The van der Waals surface area contributed by atoms with Crippen LogP contribution in [0.1, 0.15) is 35.2 Å². The quantitative estimate of drug-likeness (QED) is 0.675. The lowest BCUT2D eigenvalue weighted by atomic mass is 10.0. The minimum absolute atomic E-state index is 0.0836. The Kier molecular flexibility index (Phi) is 5.81. The van der Waals surface area contributed by atoms with Gasteiger partial charge in [0.1, 0.15) is 0 Å². The van der Waals surface area contributed by atoms with Crippen molar-refractivity contribution in [3.63, 3.8) is 0 Å². The molecule has 2 N–H and O–H groups in total. The summed E-state index contributed by atoms with van der Waals surface area (Å²) in [6.45, 7) is 1.34. The molecule has 2 aromatic carbocycles. The minimum atomic E-state index is -0.0889. The Morgan fingerprint density at radius 1 is 1.14 bits per heavy atom. The summed E-state index contributed by atoms with van der Waals surface area (Å²) in [6, 6.07) is 13.1. The standard InChI is InChI=1S/C22H23ClN4O2/c23-17-5-1-15(2-6-17)3-8-21(28)27-11-9-18(10-12-27)26-22(29)16-4-7-19-20(13-16)25-14-24-19/h1-2,4-7,13-14,18H,3,8-12H2,(H,24,25)(H,26,29). The first-order valence-electron chi connectivity index (χ1n) is 9.85. The molecule has 29 heavy (non-hydrogen) atoms. The highest BCUT2D eigenvalue weighted by molar-refractivity contribution is 6.30. The van der Waals surface area contributed by atoms with Crippen LogP contribution in [0.2, 0.25) is 5.02 Å². The lowest BCUT2D eigenvalue weighted by molar-refractivity contribution is -0.132. The molecule has 0 aliphatic carbocycles. The smallest absolute Gasteiger partial charge is 0.251 e. The molecule has 4 rings (SSSR count). The van der Waals surface area contributed by atoms with Crippen LogP contribution in [0.25, 0.3) is 11.0 Å². The first-order chi connectivity index (χ1) is 14.1. The Bertz CT molecular complexity index is 1010. The van der Waals surface area contributed by atoms with Crippen LogP contribution in [-0.4, -0.2) is 45.8 Å². The second-order valence-corrected chi connectivity index (χ2v) is 7.83. The molecule has 1 aliphatic heterocycles. The number of hydrogen-bond acceptors (Lipinski definition) is 3. The van der Waals surface area contributed by atoms with E-state index >= 15 is 0 Å². The number of carbonyl (C=O) groups is 2. The third-order valence-corrected chi connectivity index (χ3v) is 5.66. The number of likely N-dealkylation sites (tertiary alicyclic amines) is 1. The van der Waals surface area contributed by atoms with Crippen molar-refractivity contribution in [1.82, 2.24) is 20.2 Å². The van der Waals surface area contributed by atoms with Gasteiger partial charge in [-0.05, 0) is 55.2 Å². The first kappa shape index (κ1) is 19.5. The van der Waals surface area contributed by atoms with E-state index in [2.05, 4.69) is 15.3 Å². The largest absolute Gasteiger partial charge is 0.349 e. The minimum Gasteiger partial charge on any atom is -0.349 e. The van der Waals surface area contributed by atoms with E-state index in [1.807, 2.05) is 41.3 Å². The maximum Gasteiger partial charge on any atom is 0.251 e. The molecule has 0 atom stereocenters. The number of fused-ring (bicyclic) bond motifs is 1. The van der Waals surface area contributed by atoms with Gasteiger partial charge in [0.25, 0.3) is 5.91 Å². The third kappa shape index (κ3) is 4.77. The average Bonchev–Trinajstić information content (AvgIpc) is 3.21. The summed E-state index contributed by atoms with van der Waals surface area (Å²) in [4.78, 5) is 34.1. The monoisotopic (exact) mass is 410 g/mol. The van der Waals surface area contributed by atoms with Gasteiger partial charge in [0, 0.05) is 36.1 Å². The molecule has 1 saturated heterocycles. The number of nitrogens with one attached hydrogen (secondary N) is 2. The second-order valence-electron chi connectivity index (χ2n) is 7.39. The highest BCUT2D eigenvalue weighted by atomic mass is 35.5. The van der Waals surface area contributed by atoms with Crippen LogP contribution in [0.5, 0.6) is 0 Å². The molecule has 2 heterocycles. The van der Waals surface area contributed by atoms with Crippen molar-refractivity contribution in [3.05, 3.63) is 64.9 Å². The number of hydrogen-bond donors (Lipinski definition) is 2. The lowest BCUT2D eigenvalue weighted by Gasteiger charge is -2.32. The predicted molar refractivity (Wildman–Crippen MR) is 113 cm³/mol. The molecule has 0 bridgehead atoms. The van der Waals surface area contributed by atoms with Crippen LogP contribution in [0.3, 0.4) is 0 Å². The summed E-state index contributed by atoms with van der Waals surface area (Å²) in [5, 5.41) is 3.79. The van der Waals surface area contributed by atoms with Crippen molar-refractivity contribution in [1.29, 1.82) is 0 Å². The number of amides is 2. The normalized spacial score (nSPS) is 14.9. The summed E-state index contributed by atoms with van der Waals surface area (Å²) >= 11 is 5.90. The average molecular weight is 411 g/mol. The van der Waals surface area contributed by atoms with Crippen LogP contribution in [-0.2, 0) is 11.2 Å². The number of aromatic nitrogens is 2. The molecule has 1 fully saturated rings. The highest BCUT2D eigenvalue weighted by Crippen LogP contribution is 2.16. The van der Waals surface area contributed by atoms with E-state index in [-0.39, 0.29) is 17.9 Å². The first-order valence-corrected chi connectivity index (χ1v) is 10.2. The van der Waals surface area contributed by atoms with Gasteiger partial charge >= 0.3 is 0 Å². The van der Waals surface area contributed by atoms with Crippen molar-refractivity contribution >= 4 is 34.4 Å². The van der Waals surface area contributed by atoms with E-state index in [1.54, 1.807) is 12.4 Å². The molecule has 6 nitrogen and oxygen atoms in total. The molecule has 1 aliphatic rings. The van der Waals surface area contributed by atoms with E-state index in [9.17, 15) is 9.59 Å². The van der Waals surface area contributed by atoms with Crippen LogP contribution < -0.4 is 5.32 Å². The number of carbonyl (C=O) groups excluding carboxylic acids is 2. The number of aryl methyl sites for hydroxylation is 1. The number of piperidine rings is 1. The van der Waals surface area contributed by atoms with Crippen molar-refractivity contribution in [2.45, 2.75) is 31.7 Å². The molecule has 1 aromatic heterocycles. The molecule has 0 spiro atoms. The maximum absolute atomic E-state index is 12.5. The van der Waals surface area contributed by atoms with Crippen LogP contribution in [0.4, 0.5) is 0 Å². The zero-order valence-corrected chi connectivity index (χ0v) is 16.8. The van der Waals surface area contributed by atoms with E-state index in [1.165, 1.54) is 0 Å². The van der Waals surface area contributed by atoms with E-state index in [0.717, 1.165) is 29.4 Å². The summed E-state index contributed by atoms with van der Waals surface area (Å²) in [5.74, 6) is 0.0726. The summed E-state index contributed by atoms with van der Waals surface area (Å²) in [7, 11) is 0. The Morgan fingerprint density at radius 3 is 2.66 bits per heavy atom. The van der Waals surface area contributed by atoms with E-state index < -0.39 is 0 Å². The van der Waals surface area contributed by atoms with Crippen molar-refractivity contribution < 1.29 is 9.59 Å². The van der Waals surface area contributed by atoms with Gasteiger partial charge in [-0.1, -0.05) is 23.7 Å². The van der Waals surface area contributed by atoms with Gasteiger partial charge in [-0.25, -0.2) is 4.98 Å². The van der Waals surface area contributed by atoms with Crippen molar-refractivity contribution in [3.8, 4) is 0 Å². The molecule has 0 unspecified atom stereocenters. The zero-order valence-electron chi connectivity index (χ0n) is 16.0. The van der Waals surface area contributed by atoms with Crippen molar-refractivity contribution in [2.24, 2.45) is 0 Å². The molecule has 3 aromatic rings. The Balaban J connectivity index is 1.24. The van der Waals surface area contributed by atoms with Gasteiger partial charge in [-0.15, -0.1) is 0 Å². The second kappa shape index (κ2) is 8.66. The Labute approximate surface area is 174 Å². The third-order valence-electron chi connectivity index (χ3n) is 5.41. The highest BCUT2D eigenvalue weighted by Gasteiger charge is 2.24. The maximum atomic E-state index is 12.5. The molecular weight excluding hydrogens is 388 g/mol. The molecule has 0 saturated carbocycles. The fourth-order valence-corrected chi connectivity index (χ4v) is 3.81. The van der Waals surface area contributed by atoms with Gasteiger partial charge in [0.2, 0.25) is 5.91 Å². The summed E-state index contributed by atoms with van der Waals surface area (Å²) in [5.41, 5.74) is 3.41. The van der Waals surface area contributed by atoms with Crippen molar-refractivity contribution in [2.75, 3.05) is 13.1 Å². The number of aromatic amines is 1. The number of nitrogens with zero attached hydrogens (tertiary/aromatic N) is 2. The number of halogens is 1. The Hall–Kier alpha value is -2.86. The van der Waals surface area contributed by atoms with Gasteiger partial charge in [-0.2, -0.15) is 0 Å². The number of benzene rings is 2. The lowest BCUT2D eigenvalue weighted by Crippen LogP contribution is -2.46. The van der Waals surface area contributed by atoms with Crippen LogP contribution in [0, 0.1) is 0 Å². The van der Waals surface area contributed by atoms with Gasteiger partial charge in [-0.3, -0.25) is 9.59 Å². The zero-order chi connectivity index (χ0) is 20.2. The van der Waals surface area contributed by atoms with E-state index in [0.29, 0.717) is 36.5 Å². The predicted octanol–water partition coefficient (Wildman–Crippen LogP) is 3.57. The van der Waals surface area contributed by atoms with Crippen LogP contribution in [0.15, 0.2) is 48.8 Å². The molecule has 0 radical (unpaired) electrons. The molecule has 7 heteroatoms. The molecular formula is C22H23ClN4O2. The molecule has 2 amide bonds. The fraction of sp³-hybridized carbons (Fsp3) is 0.318. The van der Waals surface area contributed by atoms with Gasteiger partial charge in [0.15, 0.2) is 0 Å². The summed E-state index contributed by atoms with van der Waals surface area (Å²) < 4.78 is 0. The molecule has 150 valence electrons. The topological polar surface area (TPSA) is 78.1 Å². The SMILES string of the molecule is O=C(NC1CCN(C(=O)CCc2ccc(Cl)cc2)CC1)c1ccc2nc[nH]c2c1. The summed E-state index contributed by atoms with van der Waals surface area (Å²) in [6.07, 6.45) is 4.35. The van der Waals surface area contributed by atoms with Crippen LogP contribution >= 0.6 is 11.6 Å².